The van der Waals surface area contributed by atoms with E-state index in [1.54, 1.807) is 18.2 Å². The maximum Gasteiger partial charge on any atom is 0.263 e. The average molecular weight is 343 g/mol. The second-order valence-corrected chi connectivity index (χ2v) is 5.07. The molecular formula is C13H9BrClNO3. The monoisotopic (exact) mass is 341 g/mol. The molecule has 0 atom stereocenters. The van der Waals surface area contributed by atoms with Crippen LogP contribution in [-0.2, 0) is 0 Å². The van der Waals surface area contributed by atoms with Gasteiger partial charge < -0.3 is 15.5 Å². The second-order valence-electron chi connectivity index (χ2n) is 3.75. The van der Waals surface area contributed by atoms with Gasteiger partial charge in [-0.25, -0.2) is 0 Å². The summed E-state index contributed by atoms with van der Waals surface area (Å²) in [5.74, 6) is -1.24. The lowest BCUT2D eigenvalue weighted by Gasteiger charge is -2.09. The first-order valence-electron chi connectivity index (χ1n) is 5.26. The van der Waals surface area contributed by atoms with Crippen molar-refractivity contribution in [2.24, 2.45) is 0 Å². The van der Waals surface area contributed by atoms with Crippen molar-refractivity contribution in [1.82, 2.24) is 0 Å². The smallest absolute Gasteiger partial charge is 0.263 e. The molecule has 0 spiro atoms. The topological polar surface area (TPSA) is 69.6 Å². The molecule has 0 heterocycles. The molecule has 3 N–H and O–H groups in total. The van der Waals surface area contributed by atoms with E-state index in [1.165, 1.54) is 18.2 Å². The molecule has 0 aliphatic heterocycles. The van der Waals surface area contributed by atoms with Gasteiger partial charge in [-0.3, -0.25) is 4.79 Å². The Labute approximate surface area is 122 Å². The van der Waals surface area contributed by atoms with Crippen molar-refractivity contribution >= 4 is 39.1 Å². The summed E-state index contributed by atoms with van der Waals surface area (Å²) < 4.78 is 0.779. The molecule has 1 amide bonds. The summed E-state index contributed by atoms with van der Waals surface area (Å²) in [4.78, 5) is 12.0. The molecule has 98 valence electrons. The summed E-state index contributed by atoms with van der Waals surface area (Å²) in [6.45, 7) is 0. The van der Waals surface area contributed by atoms with Gasteiger partial charge in [-0.2, -0.15) is 0 Å². The molecule has 0 radical (unpaired) electrons. The predicted molar refractivity (Wildman–Crippen MR) is 76.9 cm³/mol. The van der Waals surface area contributed by atoms with Gasteiger partial charge in [0.1, 0.15) is 17.1 Å². The summed E-state index contributed by atoms with van der Waals surface area (Å²) in [7, 11) is 0. The molecule has 0 saturated heterocycles. The predicted octanol–water partition coefficient (Wildman–Crippen LogP) is 3.77. The molecule has 2 aromatic carbocycles. The van der Waals surface area contributed by atoms with Gasteiger partial charge in [-0.15, -0.1) is 0 Å². The molecule has 0 unspecified atom stereocenters. The Morgan fingerprint density at radius 1 is 1.16 bits per heavy atom. The normalized spacial score (nSPS) is 10.2. The molecular weight excluding hydrogens is 334 g/mol. The molecule has 0 aliphatic rings. The Morgan fingerprint density at radius 2 is 1.79 bits per heavy atom. The van der Waals surface area contributed by atoms with E-state index >= 15 is 0 Å². The Kier molecular flexibility index (Phi) is 3.97. The van der Waals surface area contributed by atoms with Gasteiger partial charge in [0.15, 0.2) is 0 Å². The quantitative estimate of drug-likeness (QED) is 0.778. The highest BCUT2D eigenvalue weighted by Crippen LogP contribution is 2.30. The number of anilines is 1. The summed E-state index contributed by atoms with van der Waals surface area (Å²) in [6, 6.07) is 9.03. The van der Waals surface area contributed by atoms with Crippen molar-refractivity contribution in [1.29, 1.82) is 0 Å². The molecule has 0 saturated carbocycles. The van der Waals surface area contributed by atoms with E-state index in [-0.39, 0.29) is 17.1 Å². The van der Waals surface area contributed by atoms with Gasteiger partial charge >= 0.3 is 0 Å². The number of benzene rings is 2. The number of nitrogens with one attached hydrogen (secondary N) is 1. The molecule has 2 rings (SSSR count). The van der Waals surface area contributed by atoms with Crippen molar-refractivity contribution in [3.8, 4) is 11.5 Å². The van der Waals surface area contributed by atoms with Crippen LogP contribution in [-0.4, -0.2) is 16.1 Å². The number of phenols is 2. The average Bonchev–Trinajstić information content (AvgIpc) is 2.32. The molecule has 0 fully saturated rings. The lowest BCUT2D eigenvalue weighted by atomic mass is 10.1. The molecule has 2 aromatic rings. The van der Waals surface area contributed by atoms with Crippen molar-refractivity contribution in [3.05, 3.63) is 51.5 Å². The lowest BCUT2D eigenvalue weighted by Crippen LogP contribution is -2.12. The third-order valence-corrected chi connectivity index (χ3v) is 3.23. The van der Waals surface area contributed by atoms with E-state index in [9.17, 15) is 15.0 Å². The zero-order valence-electron chi connectivity index (χ0n) is 9.52. The number of carbonyl (C=O) groups excluding carboxylic acids is 1. The summed E-state index contributed by atoms with van der Waals surface area (Å²) in [5.41, 5.74) is 0.194. The van der Waals surface area contributed by atoms with E-state index in [2.05, 4.69) is 21.2 Å². The highest BCUT2D eigenvalue weighted by atomic mass is 79.9. The first-order valence-corrected chi connectivity index (χ1v) is 6.43. The number of rotatable bonds is 2. The largest absolute Gasteiger partial charge is 0.507 e. The summed E-state index contributed by atoms with van der Waals surface area (Å²) >= 11 is 9.22. The Bertz CT molecular complexity index is 626. The zero-order valence-corrected chi connectivity index (χ0v) is 11.9. The van der Waals surface area contributed by atoms with Gasteiger partial charge in [0.05, 0.1) is 10.7 Å². The maximum atomic E-state index is 12.0. The fraction of sp³-hybridized carbons (Fsp3) is 0. The van der Waals surface area contributed by atoms with E-state index in [0.29, 0.717) is 10.7 Å². The van der Waals surface area contributed by atoms with E-state index in [1.807, 2.05) is 0 Å². The SMILES string of the molecule is O=C(Nc1ccc(Br)cc1Cl)c1c(O)cccc1O. The van der Waals surface area contributed by atoms with Crippen LogP contribution in [0, 0.1) is 0 Å². The number of hydrogen-bond donors (Lipinski definition) is 3. The van der Waals surface area contributed by atoms with Crippen LogP contribution in [0.15, 0.2) is 40.9 Å². The maximum absolute atomic E-state index is 12.0. The first kappa shape index (κ1) is 13.7. The number of halogens is 2. The Morgan fingerprint density at radius 3 is 2.37 bits per heavy atom. The molecule has 19 heavy (non-hydrogen) atoms. The van der Waals surface area contributed by atoms with E-state index < -0.39 is 5.91 Å². The standard InChI is InChI=1S/C13H9BrClNO3/c14-7-4-5-9(8(15)6-7)16-13(19)12-10(17)2-1-3-11(12)18/h1-6,17-18H,(H,16,19). The number of amides is 1. The Hall–Kier alpha value is -1.72. The highest BCUT2D eigenvalue weighted by Gasteiger charge is 2.17. The van der Waals surface area contributed by atoms with Gasteiger partial charge in [0, 0.05) is 4.47 Å². The fourth-order valence-electron chi connectivity index (χ4n) is 1.54. The van der Waals surface area contributed by atoms with Crippen molar-refractivity contribution in [2.75, 3.05) is 5.32 Å². The minimum absolute atomic E-state index is 0.193. The fourth-order valence-corrected chi connectivity index (χ4v) is 2.26. The van der Waals surface area contributed by atoms with Crippen LogP contribution >= 0.6 is 27.5 Å². The molecule has 0 aromatic heterocycles. The van der Waals surface area contributed by atoms with E-state index in [0.717, 1.165) is 4.47 Å². The zero-order chi connectivity index (χ0) is 14.0. The third kappa shape index (κ3) is 3.00. The molecule has 4 nitrogen and oxygen atoms in total. The summed E-state index contributed by atoms with van der Waals surface area (Å²) in [5, 5.41) is 22.1. The highest BCUT2D eigenvalue weighted by molar-refractivity contribution is 9.10. The van der Waals surface area contributed by atoms with Crippen molar-refractivity contribution < 1.29 is 15.0 Å². The van der Waals surface area contributed by atoms with Crippen LogP contribution in [0.1, 0.15) is 10.4 Å². The number of aromatic hydroxyl groups is 2. The van der Waals surface area contributed by atoms with Crippen molar-refractivity contribution in [2.45, 2.75) is 0 Å². The van der Waals surface area contributed by atoms with Crippen LogP contribution in [0.5, 0.6) is 11.5 Å². The van der Waals surface area contributed by atoms with Crippen LogP contribution in [0.4, 0.5) is 5.69 Å². The van der Waals surface area contributed by atoms with Gasteiger partial charge in [-0.05, 0) is 30.3 Å². The van der Waals surface area contributed by atoms with Gasteiger partial charge in [0.2, 0.25) is 0 Å². The number of hydrogen-bond acceptors (Lipinski definition) is 3. The Balaban J connectivity index is 2.31. The second kappa shape index (κ2) is 5.50. The van der Waals surface area contributed by atoms with Crippen LogP contribution in [0.25, 0.3) is 0 Å². The molecule has 0 bridgehead atoms. The van der Waals surface area contributed by atoms with Crippen LogP contribution in [0.2, 0.25) is 5.02 Å². The minimum atomic E-state index is -0.639. The van der Waals surface area contributed by atoms with Crippen LogP contribution < -0.4 is 5.32 Å². The number of carbonyl (C=O) groups is 1. The lowest BCUT2D eigenvalue weighted by molar-refractivity contribution is 0.102. The molecule has 6 heteroatoms. The minimum Gasteiger partial charge on any atom is -0.507 e. The third-order valence-electron chi connectivity index (χ3n) is 2.43. The molecule has 0 aliphatic carbocycles. The van der Waals surface area contributed by atoms with Gasteiger partial charge in [0.25, 0.3) is 5.91 Å². The van der Waals surface area contributed by atoms with Crippen LogP contribution in [0.3, 0.4) is 0 Å². The number of phenolic OH excluding ortho intramolecular Hbond substituents is 2. The summed E-state index contributed by atoms with van der Waals surface area (Å²) in [6.07, 6.45) is 0. The van der Waals surface area contributed by atoms with E-state index in [4.69, 9.17) is 11.6 Å². The van der Waals surface area contributed by atoms with Crippen molar-refractivity contribution in [3.63, 3.8) is 0 Å². The first-order chi connectivity index (χ1) is 8.99. The van der Waals surface area contributed by atoms with Gasteiger partial charge in [-0.1, -0.05) is 33.6 Å².